The van der Waals surface area contributed by atoms with Gasteiger partial charge in [-0.25, -0.2) is 4.39 Å². The minimum Gasteiger partial charge on any atom is -0.300 e. The molecule has 0 bridgehead atoms. The average Bonchev–Trinajstić information content (AvgIpc) is 3.34. The zero-order valence-electron chi connectivity index (χ0n) is 19.2. The van der Waals surface area contributed by atoms with E-state index in [9.17, 15) is 9.65 Å². The molecular formula is C28H37FN2. The van der Waals surface area contributed by atoms with Crippen molar-refractivity contribution >= 4 is 0 Å². The maximum atomic E-state index is 13.6. The van der Waals surface area contributed by atoms with Gasteiger partial charge in [-0.2, -0.15) is 5.26 Å². The van der Waals surface area contributed by atoms with Gasteiger partial charge in [0.05, 0.1) is 11.5 Å². The van der Waals surface area contributed by atoms with Gasteiger partial charge in [-0.3, -0.25) is 0 Å². The number of hydrogen-bond donors (Lipinski definition) is 0. The minimum absolute atomic E-state index is 0.231. The second-order valence-electron chi connectivity index (χ2n) is 9.23. The van der Waals surface area contributed by atoms with Gasteiger partial charge < -0.3 is 4.90 Å². The largest absolute Gasteiger partial charge is 0.300 e. The molecular weight excluding hydrogens is 383 g/mol. The second-order valence-corrected chi connectivity index (χ2v) is 9.23. The summed E-state index contributed by atoms with van der Waals surface area (Å²) < 4.78 is 13.6. The van der Waals surface area contributed by atoms with Crippen molar-refractivity contribution in [3.05, 3.63) is 71.5 Å². The van der Waals surface area contributed by atoms with Crippen LogP contribution in [0, 0.1) is 23.1 Å². The van der Waals surface area contributed by atoms with Crippen molar-refractivity contribution in [3.8, 4) is 6.07 Å². The Hall–Kier alpha value is -2.18. The van der Waals surface area contributed by atoms with Crippen LogP contribution in [-0.2, 0) is 11.8 Å². The van der Waals surface area contributed by atoms with Crippen molar-refractivity contribution in [1.82, 2.24) is 4.90 Å². The molecule has 3 rings (SSSR count). The van der Waals surface area contributed by atoms with Crippen LogP contribution in [0.25, 0.3) is 0 Å². The molecule has 166 valence electrons. The average molecular weight is 421 g/mol. The molecule has 0 heterocycles. The molecule has 2 aromatic rings. The fourth-order valence-corrected chi connectivity index (χ4v) is 5.34. The summed E-state index contributed by atoms with van der Waals surface area (Å²) in [7, 11) is 0. The lowest BCUT2D eigenvalue weighted by Gasteiger charge is -2.36. The predicted molar refractivity (Wildman–Crippen MR) is 126 cm³/mol. The smallest absolute Gasteiger partial charge is 0.123 e. The van der Waals surface area contributed by atoms with E-state index in [1.54, 1.807) is 0 Å². The topological polar surface area (TPSA) is 27.0 Å². The standard InChI is InChI=1S/C28H37FN2/c1-3-20-31(21-18-24-9-5-4-6-10-24)23(2)17-19-28(22-30,25-11-7-8-12-25)26-13-15-27(29)16-14-26/h4-6,9-10,13-16,23,25H,3,7-8,11-12,17-21H2,1-2H3. The summed E-state index contributed by atoms with van der Waals surface area (Å²) in [6.07, 6.45) is 8.60. The molecule has 1 fully saturated rings. The molecule has 0 N–H and O–H groups in total. The van der Waals surface area contributed by atoms with E-state index in [1.165, 1.54) is 30.5 Å². The molecule has 1 aliphatic rings. The first-order chi connectivity index (χ1) is 15.1. The van der Waals surface area contributed by atoms with Gasteiger partial charge in [0.2, 0.25) is 0 Å². The highest BCUT2D eigenvalue weighted by Gasteiger charge is 2.42. The van der Waals surface area contributed by atoms with Gasteiger partial charge in [0.25, 0.3) is 0 Å². The van der Waals surface area contributed by atoms with Gasteiger partial charge in [0, 0.05) is 12.6 Å². The van der Waals surface area contributed by atoms with Gasteiger partial charge in [0.1, 0.15) is 5.82 Å². The van der Waals surface area contributed by atoms with E-state index < -0.39 is 5.41 Å². The van der Waals surface area contributed by atoms with E-state index in [-0.39, 0.29) is 5.82 Å². The molecule has 0 amide bonds. The van der Waals surface area contributed by atoms with Crippen LogP contribution in [0.2, 0.25) is 0 Å². The molecule has 0 aromatic heterocycles. The molecule has 0 radical (unpaired) electrons. The van der Waals surface area contributed by atoms with E-state index in [2.05, 4.69) is 55.1 Å². The zero-order chi connectivity index (χ0) is 22.1. The highest BCUT2D eigenvalue weighted by Crippen LogP contribution is 2.45. The van der Waals surface area contributed by atoms with Crippen LogP contribution in [0.1, 0.15) is 69.9 Å². The highest BCUT2D eigenvalue weighted by molar-refractivity contribution is 5.34. The van der Waals surface area contributed by atoms with Crippen LogP contribution in [0.3, 0.4) is 0 Å². The minimum atomic E-state index is -0.504. The predicted octanol–water partition coefficient (Wildman–Crippen LogP) is 6.90. The molecule has 2 atom stereocenters. The van der Waals surface area contributed by atoms with Crippen molar-refractivity contribution in [2.24, 2.45) is 5.92 Å². The van der Waals surface area contributed by atoms with Crippen LogP contribution < -0.4 is 0 Å². The summed E-state index contributed by atoms with van der Waals surface area (Å²) in [5.74, 6) is 0.143. The van der Waals surface area contributed by atoms with Crippen LogP contribution in [0.4, 0.5) is 4.39 Å². The Bertz CT molecular complexity index is 820. The Balaban J connectivity index is 1.72. The summed E-state index contributed by atoms with van der Waals surface area (Å²) in [4.78, 5) is 2.58. The first kappa shape index (κ1) is 23.5. The first-order valence-corrected chi connectivity index (χ1v) is 12.0. The Kier molecular flexibility index (Phi) is 8.67. The third kappa shape index (κ3) is 5.95. The van der Waals surface area contributed by atoms with Gasteiger partial charge in [-0.15, -0.1) is 0 Å². The molecule has 0 spiro atoms. The number of nitriles is 1. The van der Waals surface area contributed by atoms with Crippen molar-refractivity contribution in [2.75, 3.05) is 13.1 Å². The van der Waals surface area contributed by atoms with Crippen molar-refractivity contribution < 1.29 is 4.39 Å². The van der Waals surface area contributed by atoms with E-state index >= 15 is 0 Å². The Labute approximate surface area is 188 Å². The van der Waals surface area contributed by atoms with Crippen LogP contribution in [0.15, 0.2) is 54.6 Å². The van der Waals surface area contributed by atoms with E-state index in [0.29, 0.717) is 12.0 Å². The SMILES string of the molecule is CCCN(CCc1ccccc1)C(C)CCC(C#N)(c1ccc(F)cc1)C1CCCC1. The molecule has 2 unspecified atom stereocenters. The number of hydrogen-bond acceptors (Lipinski definition) is 2. The lowest BCUT2D eigenvalue weighted by molar-refractivity contribution is 0.184. The van der Waals surface area contributed by atoms with Gasteiger partial charge in [-0.1, -0.05) is 62.2 Å². The normalized spacial score (nSPS) is 17.4. The molecule has 31 heavy (non-hydrogen) atoms. The molecule has 3 heteroatoms. The Morgan fingerprint density at radius 1 is 1.06 bits per heavy atom. The number of halogens is 1. The van der Waals surface area contributed by atoms with E-state index in [4.69, 9.17) is 0 Å². The molecule has 2 nitrogen and oxygen atoms in total. The molecule has 1 saturated carbocycles. The van der Waals surface area contributed by atoms with Crippen LogP contribution in [-0.4, -0.2) is 24.0 Å². The lowest BCUT2D eigenvalue weighted by atomic mass is 9.67. The van der Waals surface area contributed by atoms with Gasteiger partial charge in [-0.05, 0) is 81.2 Å². The van der Waals surface area contributed by atoms with Crippen molar-refractivity contribution in [3.63, 3.8) is 0 Å². The summed E-state index contributed by atoms with van der Waals surface area (Å²) >= 11 is 0. The van der Waals surface area contributed by atoms with Crippen LogP contribution in [0.5, 0.6) is 0 Å². The Morgan fingerprint density at radius 3 is 2.35 bits per heavy atom. The maximum Gasteiger partial charge on any atom is 0.123 e. The fraction of sp³-hybridized carbons (Fsp3) is 0.536. The van der Waals surface area contributed by atoms with Crippen molar-refractivity contribution in [1.29, 1.82) is 5.26 Å². The molecule has 0 saturated heterocycles. The maximum absolute atomic E-state index is 13.6. The second kappa shape index (κ2) is 11.4. The zero-order valence-corrected chi connectivity index (χ0v) is 19.2. The number of benzene rings is 2. The highest BCUT2D eigenvalue weighted by atomic mass is 19.1. The monoisotopic (exact) mass is 420 g/mol. The summed E-state index contributed by atoms with van der Waals surface area (Å²) in [6, 6.07) is 20.6. The summed E-state index contributed by atoms with van der Waals surface area (Å²) in [5, 5.41) is 10.4. The number of nitrogens with zero attached hydrogens (tertiary/aromatic N) is 2. The van der Waals surface area contributed by atoms with Crippen LogP contribution >= 0.6 is 0 Å². The molecule has 0 aliphatic heterocycles. The fourth-order valence-electron chi connectivity index (χ4n) is 5.34. The first-order valence-electron chi connectivity index (χ1n) is 12.0. The van der Waals surface area contributed by atoms with Crippen molar-refractivity contribution in [2.45, 2.75) is 76.7 Å². The van der Waals surface area contributed by atoms with E-state index in [0.717, 1.165) is 57.2 Å². The Morgan fingerprint density at radius 2 is 1.74 bits per heavy atom. The molecule has 2 aromatic carbocycles. The summed E-state index contributed by atoms with van der Waals surface area (Å²) in [6.45, 7) is 6.66. The third-order valence-corrected chi connectivity index (χ3v) is 7.23. The van der Waals surface area contributed by atoms with Gasteiger partial charge >= 0.3 is 0 Å². The van der Waals surface area contributed by atoms with E-state index in [1.807, 2.05) is 12.1 Å². The summed E-state index contributed by atoms with van der Waals surface area (Å²) in [5.41, 5.74) is 1.87. The quantitative estimate of drug-likeness (QED) is 0.395. The lowest BCUT2D eigenvalue weighted by Crippen LogP contribution is -2.39. The number of rotatable bonds is 11. The third-order valence-electron chi connectivity index (χ3n) is 7.23. The van der Waals surface area contributed by atoms with Gasteiger partial charge in [0.15, 0.2) is 0 Å². The molecule has 1 aliphatic carbocycles.